The first kappa shape index (κ1) is 14.3. The van der Waals surface area contributed by atoms with E-state index in [9.17, 15) is 9.18 Å². The fourth-order valence-corrected chi connectivity index (χ4v) is 1.80. The summed E-state index contributed by atoms with van der Waals surface area (Å²) in [4.78, 5) is 11.6. The van der Waals surface area contributed by atoms with E-state index in [1.165, 1.54) is 12.1 Å². The van der Waals surface area contributed by atoms with Crippen LogP contribution in [-0.2, 0) is 16.0 Å². The summed E-state index contributed by atoms with van der Waals surface area (Å²) >= 11 is 3.30. The number of benzene rings is 1. The number of carbonyl (C=O) groups is 1. The van der Waals surface area contributed by atoms with E-state index in [2.05, 4.69) is 15.9 Å². The molecule has 1 aromatic carbocycles. The molecule has 4 heteroatoms. The molecule has 94 valence electrons. The van der Waals surface area contributed by atoms with Crippen molar-refractivity contribution in [1.29, 1.82) is 0 Å². The highest BCUT2D eigenvalue weighted by atomic mass is 79.9. The molecule has 0 spiro atoms. The third-order valence-electron chi connectivity index (χ3n) is 2.27. The fourth-order valence-electron chi connectivity index (χ4n) is 1.41. The zero-order valence-electron chi connectivity index (χ0n) is 9.84. The van der Waals surface area contributed by atoms with Crippen LogP contribution in [0.25, 0.3) is 0 Å². The molecule has 0 saturated heterocycles. The van der Waals surface area contributed by atoms with Gasteiger partial charge in [-0.25, -0.2) is 4.39 Å². The number of ether oxygens (including phenoxy) is 1. The van der Waals surface area contributed by atoms with E-state index in [-0.39, 0.29) is 18.0 Å². The first-order chi connectivity index (χ1) is 8.13. The molecule has 1 aromatic rings. The third kappa shape index (κ3) is 5.41. The predicted molar refractivity (Wildman–Crippen MR) is 68.5 cm³/mol. The largest absolute Gasteiger partial charge is 0.381 e. The van der Waals surface area contributed by atoms with Crippen molar-refractivity contribution in [3.05, 3.63) is 34.1 Å². The Hall–Kier alpha value is -0.740. The Morgan fingerprint density at radius 1 is 1.41 bits per heavy atom. The van der Waals surface area contributed by atoms with Crippen molar-refractivity contribution in [3.8, 4) is 0 Å². The van der Waals surface area contributed by atoms with Crippen molar-refractivity contribution in [1.82, 2.24) is 0 Å². The molecule has 0 aliphatic rings. The lowest BCUT2D eigenvalue weighted by molar-refractivity contribution is -0.119. The average Bonchev–Trinajstić information content (AvgIpc) is 2.29. The highest BCUT2D eigenvalue weighted by Gasteiger charge is 2.08. The van der Waals surface area contributed by atoms with Crippen LogP contribution in [0.4, 0.5) is 4.39 Å². The third-order valence-corrected chi connectivity index (χ3v) is 3.04. The van der Waals surface area contributed by atoms with Crippen LogP contribution in [0, 0.1) is 5.82 Å². The summed E-state index contributed by atoms with van der Waals surface area (Å²) in [5, 5.41) is 0. The average molecular weight is 303 g/mol. The Labute approximate surface area is 109 Å². The van der Waals surface area contributed by atoms with E-state index < -0.39 is 0 Å². The number of Topliss-reactive ketones (excluding diaryl/α,β-unsaturated/α-hetero) is 1. The normalized spacial score (nSPS) is 10.5. The number of hydrogen-bond donors (Lipinski definition) is 0. The maximum Gasteiger partial charge on any atom is 0.139 e. The Bertz CT molecular complexity index is 380. The van der Waals surface area contributed by atoms with Gasteiger partial charge in [0, 0.05) is 23.9 Å². The second kappa shape index (κ2) is 7.56. The molecule has 0 aliphatic carbocycles. The van der Waals surface area contributed by atoms with Crippen LogP contribution in [-0.4, -0.2) is 19.0 Å². The molecular weight excluding hydrogens is 287 g/mol. The smallest absolute Gasteiger partial charge is 0.139 e. The fraction of sp³-hybridized carbons (Fsp3) is 0.462. The van der Waals surface area contributed by atoms with Crippen molar-refractivity contribution in [3.63, 3.8) is 0 Å². The maximum absolute atomic E-state index is 13.0. The van der Waals surface area contributed by atoms with Gasteiger partial charge >= 0.3 is 0 Å². The lowest BCUT2D eigenvalue weighted by Crippen LogP contribution is -2.08. The first-order valence-corrected chi connectivity index (χ1v) is 6.46. The van der Waals surface area contributed by atoms with Gasteiger partial charge in [-0.2, -0.15) is 0 Å². The standard InChI is InChI=1S/C13H16BrFO2/c1-2-6-17-7-5-12(16)9-10-8-11(15)3-4-13(10)14/h3-4,8H,2,5-7,9H2,1H3. The van der Waals surface area contributed by atoms with Crippen molar-refractivity contribution in [2.24, 2.45) is 0 Å². The Morgan fingerprint density at radius 3 is 2.88 bits per heavy atom. The Morgan fingerprint density at radius 2 is 2.18 bits per heavy atom. The monoisotopic (exact) mass is 302 g/mol. The maximum atomic E-state index is 13.0. The number of carbonyl (C=O) groups excluding carboxylic acids is 1. The zero-order chi connectivity index (χ0) is 12.7. The number of ketones is 1. The summed E-state index contributed by atoms with van der Waals surface area (Å²) < 4.78 is 19.0. The van der Waals surface area contributed by atoms with Crippen LogP contribution in [0.2, 0.25) is 0 Å². The van der Waals surface area contributed by atoms with Gasteiger partial charge in [-0.1, -0.05) is 22.9 Å². The quantitative estimate of drug-likeness (QED) is 0.720. The highest BCUT2D eigenvalue weighted by molar-refractivity contribution is 9.10. The van der Waals surface area contributed by atoms with Gasteiger partial charge in [-0.05, 0) is 30.2 Å². The predicted octanol–water partition coefficient (Wildman–Crippen LogP) is 3.52. The van der Waals surface area contributed by atoms with Gasteiger partial charge in [0.25, 0.3) is 0 Å². The van der Waals surface area contributed by atoms with Crippen LogP contribution >= 0.6 is 15.9 Å². The molecule has 0 heterocycles. The van der Waals surface area contributed by atoms with E-state index in [4.69, 9.17) is 4.74 Å². The molecule has 0 bridgehead atoms. The first-order valence-electron chi connectivity index (χ1n) is 5.67. The van der Waals surface area contributed by atoms with E-state index in [0.717, 1.165) is 10.9 Å². The number of hydrogen-bond acceptors (Lipinski definition) is 2. The summed E-state index contributed by atoms with van der Waals surface area (Å²) in [5.41, 5.74) is 0.686. The van der Waals surface area contributed by atoms with Gasteiger partial charge in [-0.15, -0.1) is 0 Å². The molecular formula is C13H16BrFO2. The van der Waals surface area contributed by atoms with Crippen molar-refractivity contribution < 1.29 is 13.9 Å². The molecule has 0 unspecified atom stereocenters. The van der Waals surface area contributed by atoms with Crippen LogP contribution in [0.1, 0.15) is 25.3 Å². The van der Waals surface area contributed by atoms with E-state index in [0.29, 0.717) is 25.2 Å². The summed E-state index contributed by atoms with van der Waals surface area (Å²) in [6.45, 7) is 3.14. The molecule has 0 saturated carbocycles. The van der Waals surface area contributed by atoms with Gasteiger partial charge in [0.1, 0.15) is 11.6 Å². The molecule has 0 amide bonds. The topological polar surface area (TPSA) is 26.3 Å². The second-order valence-corrected chi connectivity index (χ2v) is 4.67. The molecule has 0 aromatic heterocycles. The minimum Gasteiger partial charge on any atom is -0.381 e. The summed E-state index contributed by atoms with van der Waals surface area (Å²) in [6, 6.07) is 4.36. The van der Waals surface area contributed by atoms with Crippen LogP contribution in [0.5, 0.6) is 0 Å². The van der Waals surface area contributed by atoms with Crippen LogP contribution < -0.4 is 0 Å². The van der Waals surface area contributed by atoms with Crippen LogP contribution in [0.3, 0.4) is 0 Å². The van der Waals surface area contributed by atoms with E-state index >= 15 is 0 Å². The highest BCUT2D eigenvalue weighted by Crippen LogP contribution is 2.18. The van der Waals surface area contributed by atoms with Crippen molar-refractivity contribution >= 4 is 21.7 Å². The van der Waals surface area contributed by atoms with Crippen molar-refractivity contribution in [2.75, 3.05) is 13.2 Å². The summed E-state index contributed by atoms with van der Waals surface area (Å²) in [6.07, 6.45) is 1.57. The minimum atomic E-state index is -0.321. The Balaban J connectivity index is 2.42. The number of rotatable bonds is 7. The number of halogens is 2. The minimum absolute atomic E-state index is 0.0624. The van der Waals surface area contributed by atoms with Crippen LogP contribution in [0.15, 0.2) is 22.7 Å². The molecule has 17 heavy (non-hydrogen) atoms. The van der Waals surface area contributed by atoms with E-state index in [1.54, 1.807) is 6.07 Å². The SMILES string of the molecule is CCCOCCC(=O)Cc1cc(F)ccc1Br. The molecule has 1 rings (SSSR count). The summed E-state index contributed by atoms with van der Waals surface area (Å²) in [5.74, 6) is -0.259. The van der Waals surface area contributed by atoms with Gasteiger partial charge in [-0.3, -0.25) is 4.79 Å². The van der Waals surface area contributed by atoms with E-state index in [1.807, 2.05) is 6.92 Å². The van der Waals surface area contributed by atoms with Gasteiger partial charge < -0.3 is 4.74 Å². The molecule has 0 N–H and O–H groups in total. The van der Waals surface area contributed by atoms with Crippen molar-refractivity contribution in [2.45, 2.75) is 26.2 Å². The molecule has 0 fully saturated rings. The lowest BCUT2D eigenvalue weighted by Gasteiger charge is -2.05. The summed E-state index contributed by atoms with van der Waals surface area (Å²) in [7, 11) is 0. The molecule has 0 atom stereocenters. The van der Waals surface area contributed by atoms with Gasteiger partial charge in [0.05, 0.1) is 6.61 Å². The second-order valence-electron chi connectivity index (χ2n) is 3.81. The molecule has 0 aliphatic heterocycles. The zero-order valence-corrected chi connectivity index (χ0v) is 11.4. The molecule has 0 radical (unpaired) electrons. The van der Waals surface area contributed by atoms with Gasteiger partial charge in [0.15, 0.2) is 0 Å². The molecule has 2 nitrogen and oxygen atoms in total. The Kier molecular flexibility index (Phi) is 6.37. The lowest BCUT2D eigenvalue weighted by atomic mass is 10.1. The van der Waals surface area contributed by atoms with Gasteiger partial charge in [0.2, 0.25) is 0 Å².